The maximum absolute atomic E-state index is 10.7. The van der Waals surface area contributed by atoms with E-state index in [1.165, 1.54) is 0 Å². The summed E-state index contributed by atoms with van der Waals surface area (Å²) in [6.07, 6.45) is 0. The van der Waals surface area contributed by atoms with E-state index in [1.807, 2.05) is 4.90 Å². The second kappa shape index (κ2) is 12.6. The van der Waals surface area contributed by atoms with E-state index in [4.69, 9.17) is 33.1 Å². The first-order valence-corrected chi connectivity index (χ1v) is 10.4. The first-order valence-electron chi connectivity index (χ1n) is 6.92. The fraction of sp³-hybridized carbons (Fsp3) is 1.00. The lowest BCUT2D eigenvalue weighted by atomic mass is 10.4. The molecule has 2 atom stereocenters. The summed E-state index contributed by atoms with van der Waals surface area (Å²) in [4.78, 5) is 40.6. The molecule has 0 amide bonds. The minimum absolute atomic E-state index is 0.00459. The van der Waals surface area contributed by atoms with Gasteiger partial charge in [0.05, 0.1) is 0 Å². The van der Waals surface area contributed by atoms with Gasteiger partial charge in [0.2, 0.25) is 0 Å². The quantitative estimate of drug-likeness (QED) is 0.358. The van der Waals surface area contributed by atoms with E-state index in [1.54, 1.807) is 9.80 Å². The van der Waals surface area contributed by atoms with Crippen molar-refractivity contribution in [3.05, 3.63) is 0 Å². The van der Waals surface area contributed by atoms with Crippen molar-refractivity contribution in [3.63, 3.8) is 0 Å². The predicted molar refractivity (Wildman–Crippen MR) is 83.6 cm³/mol. The number of nitrogens with zero attached hydrogens (tertiary/aromatic N) is 3. The van der Waals surface area contributed by atoms with Crippen LogP contribution in [0.1, 0.15) is 0 Å². The van der Waals surface area contributed by atoms with Gasteiger partial charge in [-0.15, -0.1) is 18.8 Å². The van der Waals surface area contributed by atoms with Crippen LogP contribution < -0.4 is 0 Å². The van der Waals surface area contributed by atoms with Gasteiger partial charge in [0, 0.05) is 48.4 Å². The molecule has 0 spiro atoms. The van der Waals surface area contributed by atoms with Gasteiger partial charge in [0.1, 0.15) is 6.73 Å². The Balaban J connectivity index is 2.60. The standard InChI is InChI=1S/C9H20N3O9P3/c13-22(14)19-7-10-1-2-11(8-20-23(15)16)5-6-12(4-3-10)9-21-24(17)18/h13-14H,1-9H2/p+2. The van der Waals surface area contributed by atoms with Gasteiger partial charge in [-0.05, 0) is 0 Å². The van der Waals surface area contributed by atoms with Crippen molar-refractivity contribution < 1.29 is 42.3 Å². The van der Waals surface area contributed by atoms with E-state index >= 15 is 0 Å². The normalized spacial score (nSPS) is 20.5. The van der Waals surface area contributed by atoms with Gasteiger partial charge < -0.3 is 9.79 Å². The highest BCUT2D eigenvalue weighted by Crippen LogP contribution is 2.24. The molecule has 1 rings (SSSR count). The second-order valence-corrected chi connectivity index (χ2v) is 7.09. The lowest BCUT2D eigenvalue weighted by Gasteiger charge is -2.24. The molecule has 0 aromatic rings. The Hall–Kier alpha value is 0.230. The molecule has 1 heterocycles. The van der Waals surface area contributed by atoms with E-state index in [0.29, 0.717) is 39.3 Å². The van der Waals surface area contributed by atoms with Crippen LogP contribution in [0.3, 0.4) is 0 Å². The molecule has 4 N–H and O–H groups in total. The molecule has 0 saturated carbocycles. The van der Waals surface area contributed by atoms with Crippen molar-refractivity contribution in [3.8, 4) is 0 Å². The van der Waals surface area contributed by atoms with Crippen LogP contribution in [0.15, 0.2) is 0 Å². The van der Waals surface area contributed by atoms with Gasteiger partial charge in [-0.3, -0.25) is 19.2 Å². The van der Waals surface area contributed by atoms with Crippen LogP contribution >= 0.6 is 25.1 Å². The lowest BCUT2D eigenvalue weighted by molar-refractivity contribution is 0.0811. The van der Waals surface area contributed by atoms with Gasteiger partial charge in [-0.2, -0.15) is 0 Å². The SMILES string of the molecule is O=[P+](O)OCN1CCN(COP(O)O)CCN(CO[P+](=O)O)CC1. The first-order chi connectivity index (χ1) is 11.4. The van der Waals surface area contributed by atoms with Crippen molar-refractivity contribution in [2.75, 3.05) is 59.5 Å². The van der Waals surface area contributed by atoms with Crippen molar-refractivity contribution in [1.29, 1.82) is 0 Å². The highest BCUT2D eigenvalue weighted by Gasteiger charge is 2.22. The molecule has 1 fully saturated rings. The highest BCUT2D eigenvalue weighted by molar-refractivity contribution is 7.39. The van der Waals surface area contributed by atoms with E-state index < -0.39 is 25.1 Å². The third-order valence-corrected chi connectivity index (χ3v) is 4.27. The molecule has 12 nitrogen and oxygen atoms in total. The molecule has 0 aromatic carbocycles. The van der Waals surface area contributed by atoms with Crippen molar-refractivity contribution in [1.82, 2.24) is 14.7 Å². The minimum atomic E-state index is -2.70. The molecule has 24 heavy (non-hydrogen) atoms. The Labute approximate surface area is 142 Å². The first kappa shape index (κ1) is 22.3. The van der Waals surface area contributed by atoms with Crippen molar-refractivity contribution >= 4 is 25.1 Å². The molecule has 0 bridgehead atoms. The summed E-state index contributed by atoms with van der Waals surface area (Å²) < 4.78 is 35.6. The summed E-state index contributed by atoms with van der Waals surface area (Å²) in [6.45, 7) is 2.94. The fourth-order valence-corrected chi connectivity index (χ4v) is 2.76. The van der Waals surface area contributed by atoms with Gasteiger partial charge in [0.15, 0.2) is 13.5 Å². The van der Waals surface area contributed by atoms with Crippen LogP contribution in [0.2, 0.25) is 0 Å². The molecule has 15 heteroatoms. The molecule has 1 saturated heterocycles. The summed E-state index contributed by atoms with van der Waals surface area (Å²) in [7, 11) is -7.87. The third kappa shape index (κ3) is 11.0. The number of rotatable bonds is 9. The molecule has 140 valence electrons. The van der Waals surface area contributed by atoms with E-state index in [0.717, 1.165) is 0 Å². The topological polar surface area (TPSA) is 152 Å². The maximum Gasteiger partial charge on any atom is 0.696 e. The molecule has 0 radical (unpaired) electrons. The van der Waals surface area contributed by atoms with Gasteiger partial charge in [-0.1, -0.05) is 0 Å². The average Bonchev–Trinajstić information content (AvgIpc) is 2.59. The molecule has 2 unspecified atom stereocenters. The monoisotopic (exact) mass is 409 g/mol. The third-order valence-electron chi connectivity index (χ3n) is 3.25. The fourth-order valence-electron chi connectivity index (χ4n) is 1.97. The molecule has 0 aromatic heterocycles. The smallest absolute Gasteiger partial charge is 0.328 e. The molecule has 1 aliphatic rings. The lowest BCUT2D eigenvalue weighted by Crippen LogP contribution is -2.37. The molecular formula is C9H22N3O9P3+2. The van der Waals surface area contributed by atoms with Gasteiger partial charge in [-0.25, -0.2) is 0 Å². The Morgan fingerprint density at radius 1 is 0.750 bits per heavy atom. The highest BCUT2D eigenvalue weighted by atomic mass is 31.2. The second-order valence-electron chi connectivity index (χ2n) is 4.86. The van der Waals surface area contributed by atoms with Crippen LogP contribution in [0, 0.1) is 0 Å². The summed E-state index contributed by atoms with van der Waals surface area (Å²) in [5.74, 6) is 0. The summed E-state index contributed by atoms with van der Waals surface area (Å²) in [6, 6.07) is 0. The zero-order valence-corrected chi connectivity index (χ0v) is 15.6. The molecule has 1 aliphatic heterocycles. The predicted octanol–water partition coefficient (Wildman–Crippen LogP) is -0.661. The number of hydrogen-bond donors (Lipinski definition) is 4. The molecular weight excluding hydrogens is 387 g/mol. The molecule has 0 aliphatic carbocycles. The largest absolute Gasteiger partial charge is 0.696 e. The zero-order valence-electron chi connectivity index (χ0n) is 12.9. The summed E-state index contributed by atoms with van der Waals surface area (Å²) in [5, 5.41) is 0. The minimum Gasteiger partial charge on any atom is -0.328 e. The summed E-state index contributed by atoms with van der Waals surface area (Å²) in [5.41, 5.74) is 0. The van der Waals surface area contributed by atoms with Crippen LogP contribution in [0.4, 0.5) is 0 Å². The number of hydrogen-bond acceptors (Lipinski definition) is 10. The van der Waals surface area contributed by atoms with Gasteiger partial charge >= 0.3 is 25.1 Å². The van der Waals surface area contributed by atoms with Crippen LogP contribution in [0.5, 0.6) is 0 Å². The summed E-state index contributed by atoms with van der Waals surface area (Å²) >= 11 is 0. The Morgan fingerprint density at radius 3 is 1.38 bits per heavy atom. The van der Waals surface area contributed by atoms with Crippen LogP contribution in [0.25, 0.3) is 0 Å². The van der Waals surface area contributed by atoms with E-state index in [2.05, 4.69) is 0 Å². The van der Waals surface area contributed by atoms with E-state index in [-0.39, 0.29) is 20.2 Å². The Bertz CT molecular complexity index is 376. The maximum atomic E-state index is 10.7. The Morgan fingerprint density at radius 2 is 1.08 bits per heavy atom. The van der Waals surface area contributed by atoms with Crippen LogP contribution in [-0.2, 0) is 22.7 Å². The van der Waals surface area contributed by atoms with Crippen molar-refractivity contribution in [2.24, 2.45) is 0 Å². The zero-order chi connectivity index (χ0) is 17.9. The average molecular weight is 409 g/mol. The van der Waals surface area contributed by atoms with Crippen molar-refractivity contribution in [2.45, 2.75) is 0 Å². The van der Waals surface area contributed by atoms with E-state index in [9.17, 15) is 9.13 Å². The van der Waals surface area contributed by atoms with Gasteiger partial charge in [0.25, 0.3) is 0 Å². The van der Waals surface area contributed by atoms with Crippen LogP contribution in [-0.4, -0.2) is 93.7 Å². The Kier molecular flexibility index (Phi) is 11.7.